The van der Waals surface area contributed by atoms with Gasteiger partial charge in [-0.15, -0.1) is 0 Å². The van der Waals surface area contributed by atoms with Gasteiger partial charge in [-0.2, -0.15) is 0 Å². The second kappa shape index (κ2) is 5.97. The van der Waals surface area contributed by atoms with Gasteiger partial charge >= 0.3 is 0 Å². The molecule has 5 nitrogen and oxygen atoms in total. The Morgan fingerprint density at radius 2 is 2.22 bits per heavy atom. The van der Waals surface area contributed by atoms with E-state index in [4.69, 9.17) is 4.74 Å². The molecule has 0 aliphatic heterocycles. The van der Waals surface area contributed by atoms with Gasteiger partial charge < -0.3 is 9.72 Å². The molecule has 18 heavy (non-hydrogen) atoms. The Labute approximate surface area is 110 Å². The molecular weight excluding hydrogens is 248 g/mol. The van der Waals surface area contributed by atoms with Crippen LogP contribution in [0, 0.1) is 6.92 Å². The van der Waals surface area contributed by atoms with Crippen molar-refractivity contribution in [3.8, 4) is 0 Å². The molecule has 0 unspecified atom stereocenters. The molecule has 0 bridgehead atoms. The van der Waals surface area contributed by atoms with Crippen LogP contribution in [-0.4, -0.2) is 27.0 Å². The molecule has 2 rings (SSSR count). The topological polar surface area (TPSA) is 63.7 Å². The van der Waals surface area contributed by atoms with Gasteiger partial charge in [0.15, 0.2) is 11.0 Å². The van der Waals surface area contributed by atoms with Crippen molar-refractivity contribution in [3.63, 3.8) is 0 Å². The highest BCUT2D eigenvalue weighted by Crippen LogP contribution is 2.23. The van der Waals surface area contributed by atoms with E-state index in [1.807, 2.05) is 19.2 Å². The van der Waals surface area contributed by atoms with Crippen molar-refractivity contribution in [3.05, 3.63) is 29.5 Å². The first-order valence-corrected chi connectivity index (χ1v) is 6.58. The van der Waals surface area contributed by atoms with Crippen molar-refractivity contribution < 1.29 is 4.74 Å². The summed E-state index contributed by atoms with van der Waals surface area (Å²) in [6.45, 7) is 4.46. The third kappa shape index (κ3) is 3.30. The highest BCUT2D eigenvalue weighted by Gasteiger charge is 2.06. The van der Waals surface area contributed by atoms with Crippen molar-refractivity contribution in [2.24, 2.45) is 0 Å². The number of nitrogens with one attached hydrogen (secondary N) is 1. The summed E-state index contributed by atoms with van der Waals surface area (Å²) in [4.78, 5) is 16.3. The Bertz CT molecular complexity index is 527. The van der Waals surface area contributed by atoms with Gasteiger partial charge in [-0.3, -0.25) is 0 Å². The van der Waals surface area contributed by atoms with Crippen LogP contribution in [0.25, 0.3) is 0 Å². The summed E-state index contributed by atoms with van der Waals surface area (Å²) in [6.07, 6.45) is 2.80. The first-order chi connectivity index (χ1) is 8.71. The number of nitrogens with zero attached hydrogens (tertiary/aromatic N) is 3. The predicted molar refractivity (Wildman–Crippen MR) is 69.6 cm³/mol. The summed E-state index contributed by atoms with van der Waals surface area (Å²) in [7, 11) is 1.64. The van der Waals surface area contributed by atoms with E-state index < -0.39 is 0 Å². The highest BCUT2D eigenvalue weighted by atomic mass is 32.2. The molecule has 0 radical (unpaired) electrons. The molecule has 0 amide bonds. The molecule has 0 atom stereocenters. The van der Waals surface area contributed by atoms with Crippen LogP contribution in [0.5, 0.6) is 0 Å². The number of aromatic nitrogens is 4. The normalized spacial score (nSPS) is 10.8. The highest BCUT2D eigenvalue weighted by molar-refractivity contribution is 7.99. The van der Waals surface area contributed by atoms with Gasteiger partial charge in [0.2, 0.25) is 0 Å². The third-order valence-electron chi connectivity index (χ3n) is 2.34. The maximum absolute atomic E-state index is 5.05. The van der Waals surface area contributed by atoms with E-state index in [1.165, 1.54) is 11.8 Å². The molecule has 0 fully saturated rings. The zero-order valence-corrected chi connectivity index (χ0v) is 11.5. The standard InChI is InChI=1S/C12H16N4OS/c1-4-9-6-13-12(15-9)18-11-5-8(2)14-10(16-11)7-17-3/h5-6H,4,7H2,1-3H3,(H,13,15). The number of imidazole rings is 1. The van der Waals surface area contributed by atoms with E-state index in [2.05, 4.69) is 26.9 Å². The summed E-state index contributed by atoms with van der Waals surface area (Å²) in [5.41, 5.74) is 2.06. The quantitative estimate of drug-likeness (QED) is 0.840. The minimum Gasteiger partial charge on any atom is -0.377 e. The largest absolute Gasteiger partial charge is 0.377 e. The van der Waals surface area contributed by atoms with Gasteiger partial charge in [-0.1, -0.05) is 6.92 Å². The summed E-state index contributed by atoms with van der Waals surface area (Å²) >= 11 is 1.50. The molecule has 0 saturated carbocycles. The number of methoxy groups -OCH3 is 1. The lowest BCUT2D eigenvalue weighted by Gasteiger charge is -2.03. The van der Waals surface area contributed by atoms with E-state index in [9.17, 15) is 0 Å². The Hall–Kier alpha value is -1.40. The lowest BCUT2D eigenvalue weighted by atomic mass is 10.4. The van der Waals surface area contributed by atoms with E-state index in [0.29, 0.717) is 12.4 Å². The molecule has 96 valence electrons. The van der Waals surface area contributed by atoms with Crippen LogP contribution in [0.1, 0.15) is 24.1 Å². The number of H-pyrrole nitrogens is 1. The van der Waals surface area contributed by atoms with E-state index in [1.54, 1.807) is 7.11 Å². The zero-order chi connectivity index (χ0) is 13.0. The fraction of sp³-hybridized carbons (Fsp3) is 0.417. The van der Waals surface area contributed by atoms with Crippen LogP contribution in [-0.2, 0) is 17.8 Å². The van der Waals surface area contributed by atoms with Crippen molar-refractivity contribution >= 4 is 11.8 Å². The molecule has 2 aromatic heterocycles. The molecule has 2 heterocycles. The Balaban J connectivity index is 2.17. The second-order valence-electron chi connectivity index (χ2n) is 3.87. The van der Waals surface area contributed by atoms with Crippen LogP contribution >= 0.6 is 11.8 Å². The smallest absolute Gasteiger partial charge is 0.171 e. The number of aromatic amines is 1. The second-order valence-corrected chi connectivity index (χ2v) is 4.88. The van der Waals surface area contributed by atoms with Crippen molar-refractivity contribution in [1.82, 2.24) is 19.9 Å². The maximum Gasteiger partial charge on any atom is 0.171 e. The van der Waals surface area contributed by atoms with Gasteiger partial charge in [0, 0.05) is 24.7 Å². The number of hydrogen-bond acceptors (Lipinski definition) is 5. The summed E-state index contributed by atoms with van der Waals surface area (Å²) in [5, 5.41) is 1.74. The first kappa shape index (κ1) is 13.0. The van der Waals surface area contributed by atoms with Crippen molar-refractivity contribution in [1.29, 1.82) is 0 Å². The Kier molecular flexibility index (Phi) is 4.33. The van der Waals surface area contributed by atoms with Gasteiger partial charge in [0.1, 0.15) is 11.6 Å². The summed E-state index contributed by atoms with van der Waals surface area (Å²) < 4.78 is 5.05. The van der Waals surface area contributed by atoms with Gasteiger partial charge in [0.05, 0.1) is 0 Å². The molecule has 6 heteroatoms. The summed E-state index contributed by atoms with van der Waals surface area (Å²) in [5.74, 6) is 0.697. The molecule has 0 aromatic carbocycles. The lowest BCUT2D eigenvalue weighted by molar-refractivity contribution is 0.177. The fourth-order valence-corrected chi connectivity index (χ4v) is 2.38. The Morgan fingerprint density at radius 3 is 2.89 bits per heavy atom. The first-order valence-electron chi connectivity index (χ1n) is 5.76. The molecule has 0 aliphatic rings. The number of ether oxygens (including phenoxy) is 1. The SMILES string of the molecule is CCc1cnc(Sc2cc(C)nc(COC)n2)[nH]1. The average molecular weight is 264 g/mol. The fourth-order valence-electron chi connectivity index (χ4n) is 1.51. The van der Waals surface area contributed by atoms with Crippen LogP contribution in [0.2, 0.25) is 0 Å². The Morgan fingerprint density at radius 1 is 1.39 bits per heavy atom. The molecule has 0 aliphatic carbocycles. The molecule has 2 aromatic rings. The number of hydrogen-bond donors (Lipinski definition) is 1. The third-order valence-corrected chi connectivity index (χ3v) is 3.16. The van der Waals surface area contributed by atoms with E-state index in [-0.39, 0.29) is 0 Å². The average Bonchev–Trinajstić information content (AvgIpc) is 2.76. The van der Waals surface area contributed by atoms with Crippen LogP contribution < -0.4 is 0 Å². The van der Waals surface area contributed by atoms with Gasteiger partial charge in [-0.25, -0.2) is 15.0 Å². The van der Waals surface area contributed by atoms with Crippen LogP contribution in [0.4, 0.5) is 0 Å². The van der Waals surface area contributed by atoms with E-state index in [0.717, 1.165) is 28.0 Å². The monoisotopic (exact) mass is 264 g/mol. The molecule has 0 saturated heterocycles. The minimum absolute atomic E-state index is 0.424. The molecular formula is C12H16N4OS. The van der Waals surface area contributed by atoms with Crippen LogP contribution in [0.3, 0.4) is 0 Å². The van der Waals surface area contributed by atoms with E-state index >= 15 is 0 Å². The predicted octanol–water partition coefficient (Wildman–Crippen LogP) is 2.37. The number of rotatable bonds is 5. The molecule has 0 spiro atoms. The zero-order valence-electron chi connectivity index (χ0n) is 10.7. The lowest BCUT2D eigenvalue weighted by Crippen LogP contribution is -1.99. The van der Waals surface area contributed by atoms with Crippen LogP contribution in [0.15, 0.2) is 22.4 Å². The van der Waals surface area contributed by atoms with Crippen molar-refractivity contribution in [2.75, 3.05) is 7.11 Å². The summed E-state index contributed by atoms with van der Waals surface area (Å²) in [6, 6.07) is 1.94. The van der Waals surface area contributed by atoms with Crippen molar-refractivity contribution in [2.45, 2.75) is 37.1 Å². The van der Waals surface area contributed by atoms with Gasteiger partial charge in [-0.05, 0) is 31.2 Å². The maximum atomic E-state index is 5.05. The van der Waals surface area contributed by atoms with Gasteiger partial charge in [0.25, 0.3) is 0 Å². The minimum atomic E-state index is 0.424. The number of aryl methyl sites for hydroxylation is 2. The molecule has 1 N–H and O–H groups in total.